The van der Waals surface area contributed by atoms with E-state index in [0.717, 1.165) is 0 Å². The largest absolute Gasteiger partial charge is 0.346 e. The number of hydrogen-bond donors (Lipinski definition) is 1. The highest BCUT2D eigenvalue weighted by atomic mass is 79.9. The van der Waals surface area contributed by atoms with Crippen LogP contribution < -0.4 is 5.32 Å². The van der Waals surface area contributed by atoms with Crippen molar-refractivity contribution in [1.29, 1.82) is 0 Å². The van der Waals surface area contributed by atoms with Crippen molar-refractivity contribution in [3.8, 4) is 0 Å². The number of hydrogen-bond acceptors (Lipinski definition) is 1. The van der Waals surface area contributed by atoms with Crippen molar-refractivity contribution in [3.05, 3.63) is 35.6 Å². The topological polar surface area (TPSA) is 29.1 Å². The predicted molar refractivity (Wildman–Crippen MR) is 61.7 cm³/mol. The molecule has 1 N–H and O–H groups in total. The van der Waals surface area contributed by atoms with E-state index in [-0.39, 0.29) is 11.4 Å². The maximum absolute atomic E-state index is 12.9. The van der Waals surface area contributed by atoms with E-state index in [1.54, 1.807) is 6.07 Å². The summed E-state index contributed by atoms with van der Waals surface area (Å²) in [4.78, 5) is 11.7. The number of amides is 1. The molecule has 0 unspecified atom stereocenters. The van der Waals surface area contributed by atoms with Gasteiger partial charge in [0.05, 0.1) is 0 Å². The lowest BCUT2D eigenvalue weighted by Crippen LogP contribution is -2.44. The molecule has 0 atom stereocenters. The Kier molecular flexibility index (Phi) is 3.85. The number of benzene rings is 1. The van der Waals surface area contributed by atoms with Gasteiger partial charge in [0.15, 0.2) is 0 Å². The zero-order valence-electron chi connectivity index (χ0n) is 8.68. The highest BCUT2D eigenvalue weighted by Gasteiger charge is 2.19. The molecule has 0 fully saturated rings. The fourth-order valence-electron chi connectivity index (χ4n) is 1.04. The Balaban J connectivity index is 2.78. The van der Waals surface area contributed by atoms with Crippen LogP contribution in [0.25, 0.3) is 0 Å². The molecule has 0 radical (unpaired) electrons. The van der Waals surface area contributed by atoms with E-state index in [2.05, 4.69) is 21.2 Å². The SMILES string of the molecule is CC(C)(CBr)NC(=O)c1cccc(F)c1. The van der Waals surface area contributed by atoms with Gasteiger partial charge in [0.2, 0.25) is 0 Å². The highest BCUT2D eigenvalue weighted by molar-refractivity contribution is 9.09. The molecule has 0 aliphatic heterocycles. The first-order valence-electron chi connectivity index (χ1n) is 4.59. The monoisotopic (exact) mass is 273 g/mol. The second kappa shape index (κ2) is 4.75. The van der Waals surface area contributed by atoms with Crippen molar-refractivity contribution in [3.63, 3.8) is 0 Å². The average Bonchev–Trinajstić information content (AvgIpc) is 2.17. The molecule has 0 aliphatic rings. The zero-order chi connectivity index (χ0) is 11.5. The van der Waals surface area contributed by atoms with Crippen molar-refractivity contribution in [1.82, 2.24) is 5.32 Å². The normalized spacial score (nSPS) is 11.2. The third kappa shape index (κ3) is 3.63. The standard InChI is InChI=1S/C11H13BrFNO/c1-11(2,7-12)14-10(15)8-4-3-5-9(13)6-8/h3-6H,7H2,1-2H3,(H,14,15). The number of nitrogens with one attached hydrogen (secondary N) is 1. The van der Waals surface area contributed by atoms with E-state index < -0.39 is 5.82 Å². The van der Waals surface area contributed by atoms with Crippen molar-refractivity contribution < 1.29 is 9.18 Å². The molecule has 0 spiro atoms. The maximum Gasteiger partial charge on any atom is 0.251 e. The molecule has 0 aliphatic carbocycles. The van der Waals surface area contributed by atoms with Gasteiger partial charge in [-0.3, -0.25) is 4.79 Å². The molecule has 2 nitrogen and oxygen atoms in total. The Morgan fingerprint density at radius 1 is 1.53 bits per heavy atom. The van der Waals surface area contributed by atoms with Crippen LogP contribution in [0.1, 0.15) is 24.2 Å². The minimum absolute atomic E-state index is 0.265. The number of carbonyl (C=O) groups is 1. The fraction of sp³-hybridized carbons (Fsp3) is 0.364. The summed E-state index contributed by atoms with van der Waals surface area (Å²) >= 11 is 3.30. The van der Waals surface area contributed by atoms with E-state index >= 15 is 0 Å². The molecule has 4 heteroatoms. The van der Waals surface area contributed by atoms with Crippen LogP contribution in [0, 0.1) is 5.82 Å². The molecule has 1 aromatic rings. The summed E-state index contributed by atoms with van der Waals surface area (Å²) < 4.78 is 12.9. The zero-order valence-corrected chi connectivity index (χ0v) is 10.3. The lowest BCUT2D eigenvalue weighted by atomic mass is 10.1. The van der Waals surface area contributed by atoms with Crippen molar-refractivity contribution in [2.75, 3.05) is 5.33 Å². The van der Waals surface area contributed by atoms with Gasteiger partial charge in [0.1, 0.15) is 5.82 Å². The van der Waals surface area contributed by atoms with Crippen LogP contribution in [0.5, 0.6) is 0 Å². The first-order chi connectivity index (χ1) is 6.94. The third-order valence-electron chi connectivity index (χ3n) is 1.87. The first kappa shape index (κ1) is 12.2. The van der Waals surface area contributed by atoms with Crippen LogP contribution in [0.2, 0.25) is 0 Å². The third-order valence-corrected chi connectivity index (χ3v) is 3.27. The Hall–Kier alpha value is -0.900. The van der Waals surface area contributed by atoms with Crippen LogP contribution in [0.3, 0.4) is 0 Å². The summed E-state index contributed by atoms with van der Waals surface area (Å²) in [5.41, 5.74) is -0.00679. The van der Waals surface area contributed by atoms with Crippen LogP contribution in [0.15, 0.2) is 24.3 Å². The van der Waals surface area contributed by atoms with Gasteiger partial charge in [-0.1, -0.05) is 22.0 Å². The van der Waals surface area contributed by atoms with E-state index in [4.69, 9.17) is 0 Å². The molecule has 1 rings (SSSR count). The molecular formula is C11H13BrFNO. The Morgan fingerprint density at radius 3 is 2.73 bits per heavy atom. The van der Waals surface area contributed by atoms with Gasteiger partial charge in [-0.15, -0.1) is 0 Å². The lowest BCUT2D eigenvalue weighted by Gasteiger charge is -2.23. The molecule has 0 bridgehead atoms. The summed E-state index contributed by atoms with van der Waals surface area (Å²) in [6.07, 6.45) is 0. The fourth-order valence-corrected chi connectivity index (χ4v) is 1.18. The van der Waals surface area contributed by atoms with Crippen molar-refractivity contribution >= 4 is 21.8 Å². The molecule has 15 heavy (non-hydrogen) atoms. The number of alkyl halides is 1. The van der Waals surface area contributed by atoms with E-state index in [0.29, 0.717) is 10.9 Å². The minimum Gasteiger partial charge on any atom is -0.346 e. The van der Waals surface area contributed by atoms with E-state index in [1.165, 1.54) is 18.2 Å². The van der Waals surface area contributed by atoms with Crippen molar-refractivity contribution in [2.24, 2.45) is 0 Å². The van der Waals surface area contributed by atoms with Gasteiger partial charge >= 0.3 is 0 Å². The van der Waals surface area contributed by atoms with E-state index in [1.807, 2.05) is 13.8 Å². The van der Waals surface area contributed by atoms with Crippen LogP contribution in [-0.2, 0) is 0 Å². The Labute approximate surface area is 97.0 Å². The maximum atomic E-state index is 12.9. The van der Waals surface area contributed by atoms with Gasteiger partial charge in [-0.25, -0.2) is 4.39 Å². The molecule has 0 heterocycles. The molecule has 82 valence electrons. The number of rotatable bonds is 3. The van der Waals surface area contributed by atoms with Crippen LogP contribution in [0.4, 0.5) is 4.39 Å². The quantitative estimate of drug-likeness (QED) is 0.844. The lowest BCUT2D eigenvalue weighted by molar-refractivity contribution is 0.0921. The van der Waals surface area contributed by atoms with Gasteiger partial charge in [0, 0.05) is 16.4 Å². The minimum atomic E-state index is -0.403. The Bertz CT molecular complexity index is 365. The molecule has 1 amide bonds. The highest BCUT2D eigenvalue weighted by Crippen LogP contribution is 2.09. The van der Waals surface area contributed by atoms with Gasteiger partial charge in [-0.2, -0.15) is 0 Å². The van der Waals surface area contributed by atoms with E-state index in [9.17, 15) is 9.18 Å². The number of carbonyl (C=O) groups excluding carboxylic acids is 1. The van der Waals surface area contributed by atoms with Gasteiger partial charge in [0.25, 0.3) is 5.91 Å². The summed E-state index contributed by atoms with van der Waals surface area (Å²) in [5, 5.41) is 3.44. The smallest absolute Gasteiger partial charge is 0.251 e. The molecule has 0 saturated carbocycles. The summed E-state index contributed by atoms with van der Waals surface area (Å²) in [5.74, 6) is -0.668. The summed E-state index contributed by atoms with van der Waals surface area (Å²) in [7, 11) is 0. The second-order valence-electron chi connectivity index (χ2n) is 3.98. The molecule has 0 aromatic heterocycles. The molecule has 1 aromatic carbocycles. The Morgan fingerprint density at radius 2 is 2.20 bits per heavy atom. The van der Waals surface area contributed by atoms with Gasteiger partial charge in [-0.05, 0) is 32.0 Å². The molecular weight excluding hydrogens is 261 g/mol. The predicted octanol–water partition coefficient (Wildman–Crippen LogP) is 2.73. The second-order valence-corrected chi connectivity index (χ2v) is 4.54. The number of halogens is 2. The summed E-state index contributed by atoms with van der Waals surface area (Å²) in [6, 6.07) is 5.64. The molecule has 0 saturated heterocycles. The van der Waals surface area contributed by atoms with Crippen LogP contribution in [-0.4, -0.2) is 16.8 Å². The first-order valence-corrected chi connectivity index (χ1v) is 5.71. The van der Waals surface area contributed by atoms with Crippen molar-refractivity contribution in [2.45, 2.75) is 19.4 Å². The average molecular weight is 274 g/mol. The summed E-state index contributed by atoms with van der Waals surface area (Å²) in [6.45, 7) is 3.78. The van der Waals surface area contributed by atoms with Gasteiger partial charge < -0.3 is 5.32 Å². The van der Waals surface area contributed by atoms with Crippen LogP contribution >= 0.6 is 15.9 Å².